The van der Waals surface area contributed by atoms with Crippen LogP contribution >= 0.6 is 0 Å². The van der Waals surface area contributed by atoms with E-state index in [0.717, 1.165) is 47.8 Å². The van der Waals surface area contributed by atoms with Gasteiger partial charge in [-0.3, -0.25) is 14.7 Å². The first kappa shape index (κ1) is 20.0. The molecular formula is C26H25N5O. The Bertz CT molecular complexity index is 1240. The highest BCUT2D eigenvalue weighted by molar-refractivity contribution is 5.64. The molecule has 0 amide bonds. The second kappa shape index (κ2) is 9.08. The summed E-state index contributed by atoms with van der Waals surface area (Å²) in [7, 11) is 0. The first-order chi connectivity index (χ1) is 15.7. The molecule has 0 atom stereocenters. The fourth-order valence-electron chi connectivity index (χ4n) is 3.98. The molecule has 1 aliphatic heterocycles. The Kier molecular flexibility index (Phi) is 5.68. The third-order valence-corrected chi connectivity index (χ3v) is 5.61. The maximum atomic E-state index is 12.8. The maximum absolute atomic E-state index is 12.8. The standard InChI is InChI=1S/C26H25N5O/c32-25-23-18-31(17-19-7-3-1-4-8-19)16-15-24(23)29-26(30-25)28-22-13-11-21(12-14-22)27-20-9-5-2-6-10-20/h1-14,27H,15-18H2,(H2,28,29,30,32). The fraction of sp³-hybridized carbons (Fsp3) is 0.154. The predicted molar refractivity (Wildman–Crippen MR) is 129 cm³/mol. The van der Waals surface area contributed by atoms with Gasteiger partial charge in [-0.1, -0.05) is 48.5 Å². The summed E-state index contributed by atoms with van der Waals surface area (Å²) in [4.78, 5) is 22.6. The summed E-state index contributed by atoms with van der Waals surface area (Å²) in [5, 5.41) is 6.59. The van der Waals surface area contributed by atoms with Crippen LogP contribution in [0.2, 0.25) is 0 Å². The lowest BCUT2D eigenvalue weighted by Crippen LogP contribution is -2.35. The quantitative estimate of drug-likeness (QED) is 0.415. The van der Waals surface area contributed by atoms with Crippen molar-refractivity contribution in [2.24, 2.45) is 0 Å². The molecule has 6 heteroatoms. The van der Waals surface area contributed by atoms with Gasteiger partial charge in [0.15, 0.2) is 0 Å². The van der Waals surface area contributed by atoms with Gasteiger partial charge >= 0.3 is 0 Å². The van der Waals surface area contributed by atoms with Crippen molar-refractivity contribution >= 4 is 23.0 Å². The minimum Gasteiger partial charge on any atom is -0.356 e. The molecule has 5 rings (SSSR count). The number of hydrogen-bond donors (Lipinski definition) is 3. The summed E-state index contributed by atoms with van der Waals surface area (Å²) in [6.07, 6.45) is 0.765. The van der Waals surface area contributed by atoms with Crippen LogP contribution in [0.15, 0.2) is 89.7 Å². The molecule has 0 radical (unpaired) electrons. The van der Waals surface area contributed by atoms with E-state index < -0.39 is 0 Å². The number of anilines is 4. The van der Waals surface area contributed by atoms with Crippen LogP contribution in [0.5, 0.6) is 0 Å². The fourth-order valence-corrected chi connectivity index (χ4v) is 3.98. The lowest BCUT2D eigenvalue weighted by molar-refractivity contribution is 0.242. The van der Waals surface area contributed by atoms with Crippen LogP contribution in [0.1, 0.15) is 16.8 Å². The third-order valence-electron chi connectivity index (χ3n) is 5.61. The Balaban J connectivity index is 1.26. The Labute approximate surface area is 187 Å². The van der Waals surface area contributed by atoms with Gasteiger partial charge in [0.05, 0.1) is 11.3 Å². The predicted octanol–water partition coefficient (Wildman–Crippen LogP) is 4.82. The van der Waals surface area contributed by atoms with Crippen LogP contribution in [-0.2, 0) is 19.5 Å². The maximum Gasteiger partial charge on any atom is 0.257 e. The summed E-state index contributed by atoms with van der Waals surface area (Å²) in [5.41, 5.74) is 5.72. The van der Waals surface area contributed by atoms with Gasteiger partial charge in [-0.25, -0.2) is 4.98 Å². The van der Waals surface area contributed by atoms with E-state index in [1.54, 1.807) is 0 Å². The van der Waals surface area contributed by atoms with Crippen molar-refractivity contribution in [3.05, 3.63) is 112 Å². The van der Waals surface area contributed by atoms with Crippen molar-refractivity contribution in [2.75, 3.05) is 17.2 Å². The number of aromatic nitrogens is 2. The van der Waals surface area contributed by atoms with Crippen LogP contribution in [-0.4, -0.2) is 21.4 Å². The molecule has 0 saturated heterocycles. The van der Waals surface area contributed by atoms with Gasteiger partial charge in [0.1, 0.15) is 0 Å². The minimum absolute atomic E-state index is 0.0716. The number of benzene rings is 3. The van der Waals surface area contributed by atoms with Crippen LogP contribution in [0.25, 0.3) is 0 Å². The molecule has 0 unspecified atom stereocenters. The van der Waals surface area contributed by atoms with Crippen molar-refractivity contribution in [1.82, 2.24) is 14.9 Å². The highest BCUT2D eigenvalue weighted by Crippen LogP contribution is 2.21. The first-order valence-corrected chi connectivity index (χ1v) is 10.8. The average molecular weight is 424 g/mol. The van der Waals surface area contributed by atoms with Crippen LogP contribution in [0.4, 0.5) is 23.0 Å². The molecule has 32 heavy (non-hydrogen) atoms. The molecule has 160 valence electrons. The summed E-state index contributed by atoms with van der Waals surface area (Å²) in [5.74, 6) is 0.481. The minimum atomic E-state index is -0.0716. The topological polar surface area (TPSA) is 73.0 Å². The normalized spacial score (nSPS) is 13.4. The average Bonchev–Trinajstić information content (AvgIpc) is 2.82. The largest absolute Gasteiger partial charge is 0.356 e. The van der Waals surface area contributed by atoms with Crippen molar-refractivity contribution in [3.63, 3.8) is 0 Å². The third kappa shape index (κ3) is 4.71. The molecule has 0 fully saturated rings. The van der Waals surface area contributed by atoms with Gasteiger partial charge < -0.3 is 10.6 Å². The first-order valence-electron chi connectivity index (χ1n) is 10.8. The Hall–Kier alpha value is -3.90. The summed E-state index contributed by atoms with van der Waals surface area (Å²) in [6, 6.07) is 28.3. The molecule has 4 aromatic rings. The number of nitrogens with zero attached hydrogens (tertiary/aromatic N) is 2. The van der Waals surface area contributed by atoms with Gasteiger partial charge in [0.2, 0.25) is 5.95 Å². The van der Waals surface area contributed by atoms with E-state index >= 15 is 0 Å². The number of nitrogens with one attached hydrogen (secondary N) is 3. The van der Waals surface area contributed by atoms with Crippen molar-refractivity contribution in [3.8, 4) is 0 Å². The van der Waals surface area contributed by atoms with Crippen molar-refractivity contribution in [2.45, 2.75) is 19.5 Å². The number of H-pyrrole nitrogens is 1. The SMILES string of the molecule is O=c1[nH]c(Nc2ccc(Nc3ccccc3)cc2)nc2c1CN(Cc1ccccc1)CC2. The van der Waals surface area contributed by atoms with E-state index in [0.29, 0.717) is 12.5 Å². The smallest absolute Gasteiger partial charge is 0.257 e. The molecule has 0 bridgehead atoms. The van der Waals surface area contributed by atoms with Crippen molar-refractivity contribution < 1.29 is 0 Å². The number of para-hydroxylation sites is 1. The molecule has 1 aliphatic rings. The van der Waals surface area contributed by atoms with E-state index in [9.17, 15) is 4.79 Å². The molecule has 3 aromatic carbocycles. The molecule has 0 saturated carbocycles. The Morgan fingerprint density at radius 1 is 0.812 bits per heavy atom. The zero-order valence-corrected chi connectivity index (χ0v) is 17.7. The monoisotopic (exact) mass is 423 g/mol. The van der Waals surface area contributed by atoms with E-state index in [2.05, 4.69) is 32.7 Å². The molecule has 2 heterocycles. The lowest BCUT2D eigenvalue weighted by Gasteiger charge is -2.27. The van der Waals surface area contributed by atoms with Gasteiger partial charge in [0.25, 0.3) is 5.56 Å². The zero-order valence-electron chi connectivity index (χ0n) is 17.7. The number of aromatic amines is 1. The lowest BCUT2D eigenvalue weighted by atomic mass is 10.1. The van der Waals surface area contributed by atoms with Gasteiger partial charge in [-0.2, -0.15) is 0 Å². The summed E-state index contributed by atoms with van der Waals surface area (Å²) < 4.78 is 0. The van der Waals surface area contributed by atoms with Crippen molar-refractivity contribution in [1.29, 1.82) is 0 Å². The number of rotatable bonds is 6. The van der Waals surface area contributed by atoms with Crippen LogP contribution in [0, 0.1) is 0 Å². The number of hydrogen-bond acceptors (Lipinski definition) is 5. The Morgan fingerprint density at radius 2 is 1.44 bits per heavy atom. The molecule has 6 nitrogen and oxygen atoms in total. The van der Waals surface area contributed by atoms with Gasteiger partial charge in [0, 0.05) is 43.1 Å². The van der Waals surface area contributed by atoms with E-state index in [4.69, 9.17) is 4.98 Å². The Morgan fingerprint density at radius 3 is 2.16 bits per heavy atom. The molecule has 1 aromatic heterocycles. The molecule has 0 spiro atoms. The van der Waals surface area contributed by atoms with E-state index in [-0.39, 0.29) is 5.56 Å². The summed E-state index contributed by atoms with van der Waals surface area (Å²) >= 11 is 0. The number of fused-ring (bicyclic) bond motifs is 1. The second-order valence-electron chi connectivity index (χ2n) is 7.98. The zero-order chi connectivity index (χ0) is 21.8. The van der Waals surface area contributed by atoms with E-state index in [1.807, 2.05) is 72.8 Å². The summed E-state index contributed by atoms with van der Waals surface area (Å²) in [6.45, 7) is 2.34. The van der Waals surface area contributed by atoms with Crippen LogP contribution in [0.3, 0.4) is 0 Å². The highest BCUT2D eigenvalue weighted by Gasteiger charge is 2.21. The molecular weight excluding hydrogens is 398 g/mol. The van der Waals surface area contributed by atoms with Gasteiger partial charge in [-0.05, 0) is 42.0 Å². The molecule has 3 N–H and O–H groups in total. The van der Waals surface area contributed by atoms with Crippen LogP contribution < -0.4 is 16.2 Å². The van der Waals surface area contributed by atoms with E-state index in [1.165, 1.54) is 5.56 Å². The molecule has 0 aliphatic carbocycles. The highest BCUT2D eigenvalue weighted by atomic mass is 16.1. The second-order valence-corrected chi connectivity index (χ2v) is 7.98. The van der Waals surface area contributed by atoms with Gasteiger partial charge in [-0.15, -0.1) is 0 Å².